The van der Waals surface area contributed by atoms with E-state index in [9.17, 15) is 9.59 Å². The number of rotatable bonds is 13. The summed E-state index contributed by atoms with van der Waals surface area (Å²) in [5.41, 5.74) is 3.03. The van der Waals surface area contributed by atoms with Crippen molar-refractivity contribution >= 4 is 22.5 Å². The Morgan fingerprint density at radius 3 is 2.64 bits per heavy atom. The number of hydrogen-bond donors (Lipinski definition) is 2. The number of aromatic nitrogens is 3. The lowest BCUT2D eigenvalue weighted by Gasteiger charge is -2.15. The topological polar surface area (TPSA) is 87.7 Å². The van der Waals surface area contributed by atoms with Crippen LogP contribution < -0.4 is 5.32 Å². The van der Waals surface area contributed by atoms with E-state index in [4.69, 9.17) is 0 Å². The maximum Gasteiger partial charge on any atom is 0.230 e. The summed E-state index contributed by atoms with van der Waals surface area (Å²) in [5, 5.41) is 5.44. The fraction of sp³-hybridized carbons (Fsp3) is 0.333. The van der Waals surface area contributed by atoms with Crippen molar-refractivity contribution in [3.63, 3.8) is 0 Å². The van der Waals surface area contributed by atoms with Crippen molar-refractivity contribution < 1.29 is 9.59 Å². The molecule has 0 aliphatic rings. The van der Waals surface area contributed by atoms with Crippen molar-refractivity contribution in [3.05, 3.63) is 84.6 Å². The monoisotopic (exact) mass is 482 g/mol. The van der Waals surface area contributed by atoms with Gasteiger partial charge in [0.1, 0.15) is 11.6 Å². The number of aromatic amines is 1. The SMILES string of the molecule is CCC(=O)CCCCCC(C(=O)NCCc1cccnc1)c1ncc(-c2ccc3ccccc3c2)[nH]1. The van der Waals surface area contributed by atoms with Crippen LogP contribution in [0.15, 0.2) is 73.2 Å². The fourth-order valence-electron chi connectivity index (χ4n) is 4.43. The predicted molar refractivity (Wildman–Crippen MR) is 144 cm³/mol. The van der Waals surface area contributed by atoms with Crippen molar-refractivity contribution in [2.45, 2.75) is 57.8 Å². The van der Waals surface area contributed by atoms with Crippen LogP contribution in [0.25, 0.3) is 22.0 Å². The molecule has 6 nitrogen and oxygen atoms in total. The normalized spacial score (nSPS) is 11.9. The molecule has 1 unspecified atom stereocenters. The van der Waals surface area contributed by atoms with Gasteiger partial charge in [-0.15, -0.1) is 0 Å². The van der Waals surface area contributed by atoms with Crippen molar-refractivity contribution in [2.24, 2.45) is 0 Å². The molecule has 1 amide bonds. The Morgan fingerprint density at radius 2 is 1.83 bits per heavy atom. The Balaban J connectivity index is 1.44. The van der Waals surface area contributed by atoms with Crippen molar-refractivity contribution in [1.82, 2.24) is 20.3 Å². The van der Waals surface area contributed by atoms with Gasteiger partial charge in [0.15, 0.2) is 0 Å². The lowest BCUT2D eigenvalue weighted by atomic mass is 9.98. The standard InChI is InChI=1S/C30H34N4O2/c1-2-26(35)12-4-3-5-13-27(30(36)32-18-16-22-9-8-17-31-20-22)29-33-21-28(34-29)25-15-14-23-10-6-7-11-24(23)19-25/h6-11,14-15,17,19-21,27H,2-5,12-13,16,18H2,1H3,(H,32,36)(H,33,34). The molecule has 1 atom stereocenters. The second-order valence-corrected chi connectivity index (χ2v) is 9.19. The third-order valence-corrected chi connectivity index (χ3v) is 6.58. The molecular formula is C30H34N4O2. The molecule has 0 radical (unpaired) electrons. The summed E-state index contributed by atoms with van der Waals surface area (Å²) in [6.45, 7) is 2.45. The highest BCUT2D eigenvalue weighted by Crippen LogP contribution is 2.27. The van der Waals surface area contributed by atoms with Crippen LogP contribution in [0.2, 0.25) is 0 Å². The van der Waals surface area contributed by atoms with Crippen LogP contribution in [0.4, 0.5) is 0 Å². The molecule has 2 aromatic carbocycles. The summed E-state index contributed by atoms with van der Waals surface area (Å²) >= 11 is 0. The van der Waals surface area contributed by atoms with Crippen LogP contribution in [-0.2, 0) is 16.0 Å². The average molecular weight is 483 g/mol. The van der Waals surface area contributed by atoms with E-state index in [0.29, 0.717) is 37.4 Å². The molecular weight excluding hydrogens is 448 g/mol. The van der Waals surface area contributed by atoms with Gasteiger partial charge >= 0.3 is 0 Å². The molecule has 0 fully saturated rings. The molecule has 6 heteroatoms. The molecule has 0 aliphatic heterocycles. The number of ketones is 1. The van der Waals surface area contributed by atoms with Gasteiger partial charge in [-0.2, -0.15) is 0 Å². The Kier molecular flexibility index (Phi) is 8.98. The van der Waals surface area contributed by atoms with Gasteiger partial charge in [-0.25, -0.2) is 4.98 Å². The molecule has 0 saturated carbocycles. The number of Topliss-reactive ketones (excluding diaryl/α,β-unsaturated/α-hetero) is 1. The first-order valence-electron chi connectivity index (χ1n) is 12.9. The van der Waals surface area contributed by atoms with E-state index in [0.717, 1.165) is 47.9 Å². The highest BCUT2D eigenvalue weighted by Gasteiger charge is 2.23. The number of carbonyl (C=O) groups is 2. The quantitative estimate of drug-likeness (QED) is 0.229. The van der Waals surface area contributed by atoms with E-state index in [2.05, 4.69) is 50.6 Å². The van der Waals surface area contributed by atoms with E-state index in [-0.39, 0.29) is 11.8 Å². The van der Waals surface area contributed by atoms with Gasteiger partial charge in [0, 0.05) is 37.3 Å². The zero-order chi connectivity index (χ0) is 25.2. The molecule has 2 heterocycles. The van der Waals surface area contributed by atoms with Crippen LogP contribution in [-0.4, -0.2) is 33.2 Å². The van der Waals surface area contributed by atoms with Crippen molar-refractivity contribution in [3.8, 4) is 11.3 Å². The number of H-pyrrole nitrogens is 1. The largest absolute Gasteiger partial charge is 0.355 e. The number of amides is 1. The summed E-state index contributed by atoms with van der Waals surface area (Å²) in [7, 11) is 0. The number of nitrogens with one attached hydrogen (secondary N) is 2. The summed E-state index contributed by atoms with van der Waals surface area (Å²) < 4.78 is 0. The average Bonchev–Trinajstić information content (AvgIpc) is 3.40. The lowest BCUT2D eigenvalue weighted by molar-refractivity contribution is -0.123. The van der Waals surface area contributed by atoms with Gasteiger partial charge < -0.3 is 10.3 Å². The van der Waals surface area contributed by atoms with E-state index >= 15 is 0 Å². The number of unbranched alkanes of at least 4 members (excludes halogenated alkanes) is 2. The number of fused-ring (bicyclic) bond motifs is 1. The van der Waals surface area contributed by atoms with Gasteiger partial charge in [0.2, 0.25) is 5.91 Å². The first kappa shape index (κ1) is 25.3. The van der Waals surface area contributed by atoms with E-state index in [1.807, 2.05) is 43.6 Å². The second kappa shape index (κ2) is 12.8. The first-order chi connectivity index (χ1) is 17.6. The number of imidazole rings is 1. The van der Waals surface area contributed by atoms with E-state index < -0.39 is 0 Å². The Hall–Kier alpha value is -3.80. The van der Waals surface area contributed by atoms with Crippen LogP contribution in [0, 0.1) is 0 Å². The van der Waals surface area contributed by atoms with Gasteiger partial charge in [-0.05, 0) is 47.7 Å². The summed E-state index contributed by atoms with van der Waals surface area (Å²) in [4.78, 5) is 37.0. The van der Waals surface area contributed by atoms with Crippen LogP contribution in [0.5, 0.6) is 0 Å². The third-order valence-electron chi connectivity index (χ3n) is 6.58. The smallest absolute Gasteiger partial charge is 0.230 e. The van der Waals surface area contributed by atoms with Crippen LogP contribution in [0.3, 0.4) is 0 Å². The minimum Gasteiger partial charge on any atom is -0.355 e. The number of nitrogens with zero attached hydrogens (tertiary/aromatic N) is 2. The van der Waals surface area contributed by atoms with Gasteiger partial charge in [-0.3, -0.25) is 14.6 Å². The Labute approximate surface area is 212 Å². The van der Waals surface area contributed by atoms with E-state index in [1.165, 1.54) is 5.39 Å². The van der Waals surface area contributed by atoms with Gasteiger partial charge in [-0.1, -0.05) is 62.2 Å². The maximum absolute atomic E-state index is 13.2. The van der Waals surface area contributed by atoms with Crippen LogP contribution in [0.1, 0.15) is 62.8 Å². The molecule has 0 aliphatic carbocycles. The van der Waals surface area contributed by atoms with Crippen LogP contribution >= 0.6 is 0 Å². The zero-order valence-corrected chi connectivity index (χ0v) is 20.9. The summed E-state index contributed by atoms with van der Waals surface area (Å²) in [6.07, 6.45) is 10.7. The lowest BCUT2D eigenvalue weighted by Crippen LogP contribution is -2.31. The molecule has 36 heavy (non-hydrogen) atoms. The number of carbonyl (C=O) groups excluding carboxylic acids is 2. The number of pyridine rings is 1. The molecule has 0 bridgehead atoms. The molecule has 0 spiro atoms. The fourth-order valence-corrected chi connectivity index (χ4v) is 4.43. The summed E-state index contributed by atoms with van der Waals surface area (Å²) in [6, 6.07) is 18.5. The van der Waals surface area contributed by atoms with Gasteiger partial charge in [0.25, 0.3) is 0 Å². The molecule has 2 aromatic heterocycles. The van der Waals surface area contributed by atoms with E-state index in [1.54, 1.807) is 6.20 Å². The molecule has 186 valence electrons. The Bertz CT molecular complexity index is 1280. The number of hydrogen-bond acceptors (Lipinski definition) is 4. The molecule has 4 aromatic rings. The highest BCUT2D eigenvalue weighted by molar-refractivity contribution is 5.87. The Morgan fingerprint density at radius 1 is 0.972 bits per heavy atom. The number of benzene rings is 2. The van der Waals surface area contributed by atoms with Gasteiger partial charge in [0.05, 0.1) is 17.8 Å². The minimum absolute atomic E-state index is 0.0251. The maximum atomic E-state index is 13.2. The molecule has 2 N–H and O–H groups in total. The molecule has 0 saturated heterocycles. The third kappa shape index (κ3) is 6.87. The predicted octanol–water partition coefficient (Wildman–Crippen LogP) is 6.00. The summed E-state index contributed by atoms with van der Waals surface area (Å²) in [5.74, 6) is 0.588. The first-order valence-corrected chi connectivity index (χ1v) is 12.9. The zero-order valence-electron chi connectivity index (χ0n) is 20.9. The second-order valence-electron chi connectivity index (χ2n) is 9.19. The van der Waals surface area contributed by atoms with Crippen molar-refractivity contribution in [2.75, 3.05) is 6.54 Å². The van der Waals surface area contributed by atoms with Crippen molar-refractivity contribution in [1.29, 1.82) is 0 Å². The highest BCUT2D eigenvalue weighted by atomic mass is 16.2. The molecule has 4 rings (SSSR count). The minimum atomic E-state index is -0.366.